The topological polar surface area (TPSA) is 48.1 Å². The molecule has 2 rings (SSSR count). The van der Waals surface area contributed by atoms with Crippen molar-refractivity contribution in [1.82, 2.24) is 4.98 Å². The lowest BCUT2D eigenvalue weighted by molar-refractivity contribution is 0.298. The van der Waals surface area contributed by atoms with Gasteiger partial charge in [-0.05, 0) is 19.1 Å². The molecule has 0 radical (unpaired) electrons. The van der Waals surface area contributed by atoms with Gasteiger partial charge < -0.3 is 10.5 Å². The van der Waals surface area contributed by atoms with E-state index in [0.717, 1.165) is 16.3 Å². The molecule has 0 unspecified atom stereocenters. The molecular weight excluding hydrogens is 196 g/mol. The Hall–Kier alpha value is -0.740. The monoisotopic (exact) mass is 210 g/mol. The van der Waals surface area contributed by atoms with Crippen LogP contribution >= 0.6 is 11.8 Å². The molecule has 0 aliphatic heterocycles. The third-order valence-electron chi connectivity index (χ3n) is 2.17. The van der Waals surface area contributed by atoms with Gasteiger partial charge in [0, 0.05) is 24.4 Å². The summed E-state index contributed by atoms with van der Waals surface area (Å²) in [6.45, 7) is 0.490. The van der Waals surface area contributed by atoms with Crippen LogP contribution < -0.4 is 10.5 Å². The van der Waals surface area contributed by atoms with Crippen molar-refractivity contribution >= 4 is 11.8 Å². The number of aromatic nitrogens is 1. The maximum Gasteiger partial charge on any atom is 0.128 e. The van der Waals surface area contributed by atoms with Gasteiger partial charge in [0.1, 0.15) is 5.75 Å². The van der Waals surface area contributed by atoms with Crippen molar-refractivity contribution in [3.8, 4) is 5.75 Å². The molecule has 1 aliphatic rings. The zero-order chi connectivity index (χ0) is 9.97. The van der Waals surface area contributed by atoms with E-state index in [1.54, 1.807) is 11.8 Å². The summed E-state index contributed by atoms with van der Waals surface area (Å²) in [5, 5.41) is 0.984. The highest BCUT2D eigenvalue weighted by Gasteiger charge is 2.24. The normalized spacial score (nSPS) is 15.6. The molecule has 1 aliphatic carbocycles. The molecule has 0 atom stereocenters. The highest BCUT2D eigenvalue weighted by atomic mass is 32.2. The van der Waals surface area contributed by atoms with E-state index in [0.29, 0.717) is 12.6 Å². The van der Waals surface area contributed by atoms with Gasteiger partial charge in [-0.2, -0.15) is 0 Å². The average molecular weight is 210 g/mol. The van der Waals surface area contributed by atoms with E-state index in [9.17, 15) is 0 Å². The Morgan fingerprint density at radius 2 is 2.43 bits per heavy atom. The van der Waals surface area contributed by atoms with Crippen LogP contribution in [-0.2, 0) is 6.54 Å². The molecule has 76 valence electrons. The molecular formula is C10H14N2OS. The Kier molecular flexibility index (Phi) is 2.93. The molecule has 0 amide bonds. The second-order valence-corrected chi connectivity index (χ2v) is 4.18. The SMILES string of the molecule is CSc1cc(OC2CC2)c(CN)cn1. The fourth-order valence-electron chi connectivity index (χ4n) is 1.19. The van der Waals surface area contributed by atoms with Gasteiger partial charge in [-0.1, -0.05) is 0 Å². The first-order valence-electron chi connectivity index (χ1n) is 4.73. The number of ether oxygens (including phenoxy) is 1. The molecule has 2 N–H and O–H groups in total. The molecule has 4 heteroatoms. The van der Waals surface area contributed by atoms with Crippen molar-refractivity contribution in [2.24, 2.45) is 5.73 Å². The number of pyridine rings is 1. The minimum Gasteiger partial charge on any atom is -0.490 e. The summed E-state index contributed by atoms with van der Waals surface area (Å²) in [5.74, 6) is 0.911. The third-order valence-corrected chi connectivity index (χ3v) is 2.81. The molecule has 0 bridgehead atoms. The van der Waals surface area contributed by atoms with E-state index in [-0.39, 0.29) is 0 Å². The Morgan fingerprint density at radius 3 is 3.00 bits per heavy atom. The van der Waals surface area contributed by atoms with Gasteiger partial charge in [0.05, 0.1) is 11.1 Å². The molecule has 0 spiro atoms. The number of nitrogens with zero attached hydrogens (tertiary/aromatic N) is 1. The van der Waals surface area contributed by atoms with Gasteiger partial charge in [0.25, 0.3) is 0 Å². The Labute approximate surface area is 88.0 Å². The molecule has 3 nitrogen and oxygen atoms in total. The van der Waals surface area contributed by atoms with E-state index >= 15 is 0 Å². The largest absolute Gasteiger partial charge is 0.490 e. The lowest BCUT2D eigenvalue weighted by atomic mass is 10.2. The summed E-state index contributed by atoms with van der Waals surface area (Å²) >= 11 is 1.62. The number of rotatable bonds is 4. The van der Waals surface area contributed by atoms with Crippen LogP contribution in [0.4, 0.5) is 0 Å². The van der Waals surface area contributed by atoms with Gasteiger partial charge in [-0.25, -0.2) is 4.98 Å². The van der Waals surface area contributed by atoms with Crippen LogP contribution in [0, 0.1) is 0 Å². The Morgan fingerprint density at radius 1 is 1.64 bits per heavy atom. The minimum atomic E-state index is 0.414. The highest BCUT2D eigenvalue weighted by molar-refractivity contribution is 7.98. The molecule has 14 heavy (non-hydrogen) atoms. The molecule has 1 heterocycles. The van der Waals surface area contributed by atoms with E-state index in [4.69, 9.17) is 10.5 Å². The third kappa shape index (κ3) is 2.19. The number of hydrogen-bond acceptors (Lipinski definition) is 4. The molecule has 0 saturated heterocycles. The zero-order valence-corrected chi connectivity index (χ0v) is 9.01. The number of nitrogens with two attached hydrogens (primary N) is 1. The fourth-order valence-corrected chi connectivity index (χ4v) is 1.57. The summed E-state index contributed by atoms with van der Waals surface area (Å²) < 4.78 is 5.76. The van der Waals surface area contributed by atoms with Crippen molar-refractivity contribution in [3.63, 3.8) is 0 Å². The lowest BCUT2D eigenvalue weighted by Gasteiger charge is -2.09. The predicted molar refractivity (Wildman–Crippen MR) is 57.6 cm³/mol. The second kappa shape index (κ2) is 4.19. The summed E-state index contributed by atoms with van der Waals surface area (Å²) in [5.41, 5.74) is 6.61. The Balaban J connectivity index is 2.21. The van der Waals surface area contributed by atoms with Gasteiger partial charge in [0.15, 0.2) is 0 Å². The molecule has 1 fully saturated rings. The Bertz CT molecular complexity index is 326. The predicted octanol–water partition coefficient (Wildman–Crippen LogP) is 1.80. The maximum atomic E-state index is 5.76. The van der Waals surface area contributed by atoms with E-state index in [1.807, 2.05) is 18.5 Å². The van der Waals surface area contributed by atoms with Crippen molar-refractivity contribution in [3.05, 3.63) is 17.8 Å². The highest BCUT2D eigenvalue weighted by Crippen LogP contribution is 2.30. The van der Waals surface area contributed by atoms with Crippen molar-refractivity contribution in [2.75, 3.05) is 6.26 Å². The van der Waals surface area contributed by atoms with E-state index in [1.165, 1.54) is 12.8 Å². The van der Waals surface area contributed by atoms with E-state index in [2.05, 4.69) is 4.98 Å². The van der Waals surface area contributed by atoms with Gasteiger partial charge >= 0.3 is 0 Å². The van der Waals surface area contributed by atoms with Crippen LogP contribution in [0.1, 0.15) is 18.4 Å². The fraction of sp³-hybridized carbons (Fsp3) is 0.500. The van der Waals surface area contributed by atoms with Crippen LogP contribution in [0.5, 0.6) is 5.75 Å². The van der Waals surface area contributed by atoms with Crippen LogP contribution in [-0.4, -0.2) is 17.3 Å². The van der Waals surface area contributed by atoms with Gasteiger partial charge in [-0.15, -0.1) is 11.8 Å². The van der Waals surface area contributed by atoms with Gasteiger partial charge in [-0.3, -0.25) is 0 Å². The van der Waals surface area contributed by atoms with Gasteiger partial charge in [0.2, 0.25) is 0 Å². The standard InChI is InChI=1S/C10H14N2OS/c1-14-10-4-9(13-8-2-3-8)7(5-11)6-12-10/h4,6,8H,2-3,5,11H2,1H3. The van der Waals surface area contributed by atoms with Crippen LogP contribution in [0.2, 0.25) is 0 Å². The minimum absolute atomic E-state index is 0.414. The first kappa shape index (κ1) is 9.80. The molecule has 0 aromatic carbocycles. The molecule has 1 saturated carbocycles. The van der Waals surface area contributed by atoms with Crippen molar-refractivity contribution in [1.29, 1.82) is 0 Å². The summed E-state index contributed by atoms with van der Waals surface area (Å²) in [6.07, 6.45) is 6.56. The summed E-state index contributed by atoms with van der Waals surface area (Å²) in [4.78, 5) is 4.26. The maximum absolute atomic E-state index is 5.76. The average Bonchev–Trinajstić information content (AvgIpc) is 3.01. The zero-order valence-electron chi connectivity index (χ0n) is 8.19. The van der Waals surface area contributed by atoms with Crippen LogP contribution in [0.25, 0.3) is 0 Å². The molecule has 1 aromatic rings. The molecule has 1 aromatic heterocycles. The number of hydrogen-bond donors (Lipinski definition) is 1. The smallest absolute Gasteiger partial charge is 0.128 e. The first-order chi connectivity index (χ1) is 6.83. The van der Waals surface area contributed by atoms with Crippen molar-refractivity contribution < 1.29 is 4.74 Å². The summed E-state index contributed by atoms with van der Waals surface area (Å²) in [7, 11) is 0. The summed E-state index contributed by atoms with van der Waals surface area (Å²) in [6, 6.07) is 1.98. The quantitative estimate of drug-likeness (QED) is 0.770. The number of thioether (sulfide) groups is 1. The second-order valence-electron chi connectivity index (χ2n) is 3.36. The lowest BCUT2D eigenvalue weighted by Crippen LogP contribution is -2.04. The van der Waals surface area contributed by atoms with Crippen LogP contribution in [0.3, 0.4) is 0 Å². The van der Waals surface area contributed by atoms with Crippen molar-refractivity contribution in [2.45, 2.75) is 30.5 Å². The first-order valence-corrected chi connectivity index (χ1v) is 5.95. The van der Waals surface area contributed by atoms with Crippen LogP contribution in [0.15, 0.2) is 17.3 Å². The van der Waals surface area contributed by atoms with E-state index < -0.39 is 0 Å².